The highest BCUT2D eigenvalue weighted by Gasteiger charge is 2.05. The molecule has 0 spiro atoms. The van der Waals surface area contributed by atoms with E-state index in [4.69, 9.17) is 9.52 Å². The van der Waals surface area contributed by atoms with Crippen LogP contribution < -0.4 is 0 Å². The first-order valence-electron chi connectivity index (χ1n) is 5.21. The Bertz CT molecular complexity index is 221. The first kappa shape index (κ1) is 11.3. The van der Waals surface area contributed by atoms with E-state index >= 15 is 0 Å². The summed E-state index contributed by atoms with van der Waals surface area (Å²) in [6.45, 7) is 5.06. The van der Waals surface area contributed by atoms with Gasteiger partial charge < -0.3 is 9.52 Å². The van der Waals surface area contributed by atoms with Crippen molar-refractivity contribution in [2.75, 3.05) is 19.7 Å². The molecule has 0 saturated carbocycles. The van der Waals surface area contributed by atoms with E-state index in [1.165, 1.54) is 18.4 Å². The third kappa shape index (κ3) is 3.94. The molecule has 14 heavy (non-hydrogen) atoms. The highest BCUT2D eigenvalue weighted by Crippen LogP contribution is 2.06. The Labute approximate surface area is 85.3 Å². The van der Waals surface area contributed by atoms with Crippen LogP contribution in [-0.4, -0.2) is 29.7 Å². The van der Waals surface area contributed by atoms with Crippen molar-refractivity contribution in [3.8, 4) is 0 Å². The van der Waals surface area contributed by atoms with Gasteiger partial charge in [-0.2, -0.15) is 0 Å². The van der Waals surface area contributed by atoms with Crippen LogP contribution in [0.1, 0.15) is 25.3 Å². The monoisotopic (exact) mass is 197 g/mol. The standard InChI is InChI=1S/C11H19NO2/c1-2-3-5-12(6-7-13)9-11-4-8-14-10-11/h4,8,10,13H,2-3,5-7,9H2,1H3. The molecule has 1 aromatic heterocycles. The average Bonchev–Trinajstić information content (AvgIpc) is 2.67. The summed E-state index contributed by atoms with van der Waals surface area (Å²) in [7, 11) is 0. The topological polar surface area (TPSA) is 36.6 Å². The molecule has 0 unspecified atom stereocenters. The third-order valence-corrected chi connectivity index (χ3v) is 2.23. The molecule has 1 N–H and O–H groups in total. The minimum Gasteiger partial charge on any atom is -0.472 e. The zero-order valence-corrected chi connectivity index (χ0v) is 8.78. The van der Waals surface area contributed by atoms with E-state index in [0.29, 0.717) is 0 Å². The van der Waals surface area contributed by atoms with Crippen LogP contribution in [0.15, 0.2) is 23.0 Å². The normalized spacial score (nSPS) is 11.1. The SMILES string of the molecule is CCCCN(CCO)Cc1ccoc1. The molecule has 0 atom stereocenters. The summed E-state index contributed by atoms with van der Waals surface area (Å²) < 4.78 is 5.01. The van der Waals surface area contributed by atoms with Gasteiger partial charge in [-0.3, -0.25) is 4.90 Å². The van der Waals surface area contributed by atoms with Gasteiger partial charge in [0.25, 0.3) is 0 Å². The third-order valence-electron chi connectivity index (χ3n) is 2.23. The highest BCUT2D eigenvalue weighted by atomic mass is 16.3. The van der Waals surface area contributed by atoms with Gasteiger partial charge in [-0.05, 0) is 19.0 Å². The summed E-state index contributed by atoms with van der Waals surface area (Å²) in [6.07, 6.45) is 5.81. The van der Waals surface area contributed by atoms with Crippen molar-refractivity contribution in [1.29, 1.82) is 0 Å². The maximum absolute atomic E-state index is 8.90. The van der Waals surface area contributed by atoms with Gasteiger partial charge in [0, 0.05) is 18.7 Å². The van der Waals surface area contributed by atoms with Crippen LogP contribution >= 0.6 is 0 Å². The molecule has 0 bridgehead atoms. The molecule has 1 heterocycles. The Kier molecular flexibility index (Phi) is 5.33. The van der Waals surface area contributed by atoms with Crippen LogP contribution in [0.5, 0.6) is 0 Å². The van der Waals surface area contributed by atoms with Crippen LogP contribution in [0.25, 0.3) is 0 Å². The molecule has 0 saturated heterocycles. The number of hydrogen-bond donors (Lipinski definition) is 1. The van der Waals surface area contributed by atoms with Crippen LogP contribution in [-0.2, 0) is 6.54 Å². The summed E-state index contributed by atoms with van der Waals surface area (Å²) in [5.41, 5.74) is 1.18. The molecular weight excluding hydrogens is 178 g/mol. The van der Waals surface area contributed by atoms with E-state index in [9.17, 15) is 0 Å². The summed E-state index contributed by atoms with van der Waals surface area (Å²) >= 11 is 0. The van der Waals surface area contributed by atoms with E-state index in [0.717, 1.165) is 19.6 Å². The first-order chi connectivity index (χ1) is 6.86. The fraction of sp³-hybridized carbons (Fsp3) is 0.636. The van der Waals surface area contributed by atoms with Crippen LogP contribution in [0, 0.1) is 0 Å². The van der Waals surface area contributed by atoms with Gasteiger partial charge in [0.15, 0.2) is 0 Å². The predicted molar refractivity (Wildman–Crippen MR) is 56.0 cm³/mol. The number of hydrogen-bond acceptors (Lipinski definition) is 3. The second kappa shape index (κ2) is 6.62. The number of rotatable bonds is 7. The Balaban J connectivity index is 2.34. The lowest BCUT2D eigenvalue weighted by Crippen LogP contribution is -2.27. The van der Waals surface area contributed by atoms with Crippen molar-refractivity contribution < 1.29 is 9.52 Å². The molecule has 3 nitrogen and oxygen atoms in total. The van der Waals surface area contributed by atoms with Crippen LogP contribution in [0.4, 0.5) is 0 Å². The van der Waals surface area contributed by atoms with Crippen molar-refractivity contribution >= 4 is 0 Å². The Morgan fingerprint density at radius 2 is 2.29 bits per heavy atom. The molecule has 0 radical (unpaired) electrons. The number of aliphatic hydroxyl groups is 1. The van der Waals surface area contributed by atoms with E-state index in [-0.39, 0.29) is 6.61 Å². The minimum atomic E-state index is 0.224. The lowest BCUT2D eigenvalue weighted by atomic mass is 10.2. The Morgan fingerprint density at radius 3 is 2.86 bits per heavy atom. The maximum Gasteiger partial charge on any atom is 0.0947 e. The number of furan rings is 1. The minimum absolute atomic E-state index is 0.224. The van der Waals surface area contributed by atoms with Crippen molar-refractivity contribution in [1.82, 2.24) is 4.90 Å². The quantitative estimate of drug-likeness (QED) is 0.725. The highest BCUT2D eigenvalue weighted by molar-refractivity contribution is 5.04. The largest absolute Gasteiger partial charge is 0.472 e. The summed E-state index contributed by atoms with van der Waals surface area (Å²) in [4.78, 5) is 2.24. The fourth-order valence-electron chi connectivity index (χ4n) is 1.43. The lowest BCUT2D eigenvalue weighted by Gasteiger charge is -2.19. The molecule has 0 aliphatic carbocycles. The van der Waals surface area contributed by atoms with Crippen molar-refractivity contribution in [2.24, 2.45) is 0 Å². The van der Waals surface area contributed by atoms with Gasteiger partial charge in [-0.15, -0.1) is 0 Å². The van der Waals surface area contributed by atoms with Crippen molar-refractivity contribution in [3.63, 3.8) is 0 Å². The molecule has 80 valence electrons. The van der Waals surface area contributed by atoms with E-state index in [2.05, 4.69) is 11.8 Å². The second-order valence-corrected chi connectivity index (χ2v) is 3.48. The second-order valence-electron chi connectivity index (χ2n) is 3.48. The van der Waals surface area contributed by atoms with E-state index in [1.807, 2.05) is 6.07 Å². The molecule has 0 amide bonds. The molecular formula is C11H19NO2. The Morgan fingerprint density at radius 1 is 1.43 bits per heavy atom. The van der Waals surface area contributed by atoms with Gasteiger partial charge >= 0.3 is 0 Å². The number of nitrogens with zero attached hydrogens (tertiary/aromatic N) is 1. The predicted octanol–water partition coefficient (Wildman–Crippen LogP) is 1.87. The summed E-state index contributed by atoms with van der Waals surface area (Å²) in [5, 5.41) is 8.90. The summed E-state index contributed by atoms with van der Waals surface area (Å²) in [5.74, 6) is 0. The van der Waals surface area contributed by atoms with Crippen molar-refractivity contribution in [2.45, 2.75) is 26.3 Å². The zero-order chi connectivity index (χ0) is 10.2. The number of aliphatic hydroxyl groups excluding tert-OH is 1. The average molecular weight is 197 g/mol. The number of unbranched alkanes of at least 4 members (excludes halogenated alkanes) is 1. The smallest absolute Gasteiger partial charge is 0.0947 e. The van der Waals surface area contributed by atoms with Gasteiger partial charge in [-0.25, -0.2) is 0 Å². The van der Waals surface area contributed by atoms with Gasteiger partial charge in [0.05, 0.1) is 19.1 Å². The molecule has 0 fully saturated rings. The van der Waals surface area contributed by atoms with Gasteiger partial charge in [-0.1, -0.05) is 13.3 Å². The maximum atomic E-state index is 8.90. The van der Waals surface area contributed by atoms with Crippen molar-refractivity contribution in [3.05, 3.63) is 24.2 Å². The van der Waals surface area contributed by atoms with Crippen LogP contribution in [0.3, 0.4) is 0 Å². The van der Waals surface area contributed by atoms with E-state index < -0.39 is 0 Å². The Hall–Kier alpha value is -0.800. The van der Waals surface area contributed by atoms with Crippen LogP contribution in [0.2, 0.25) is 0 Å². The molecule has 3 heteroatoms. The molecule has 0 aliphatic heterocycles. The zero-order valence-electron chi connectivity index (χ0n) is 8.78. The molecule has 1 rings (SSSR count). The molecule has 0 aliphatic rings. The van der Waals surface area contributed by atoms with E-state index in [1.54, 1.807) is 12.5 Å². The summed E-state index contributed by atoms with van der Waals surface area (Å²) in [6, 6.07) is 1.97. The fourth-order valence-corrected chi connectivity index (χ4v) is 1.43. The van der Waals surface area contributed by atoms with Gasteiger partial charge in [0.1, 0.15) is 0 Å². The lowest BCUT2D eigenvalue weighted by molar-refractivity contribution is 0.188. The molecule has 0 aromatic carbocycles. The van der Waals surface area contributed by atoms with Gasteiger partial charge in [0.2, 0.25) is 0 Å². The first-order valence-corrected chi connectivity index (χ1v) is 5.21. The molecule has 1 aromatic rings.